The first-order valence-corrected chi connectivity index (χ1v) is 10.4. The number of benzene rings is 1. The highest BCUT2D eigenvalue weighted by Crippen LogP contribution is 2.26. The van der Waals surface area contributed by atoms with Gasteiger partial charge in [0.25, 0.3) is 0 Å². The number of pyridine rings is 1. The highest BCUT2D eigenvalue weighted by atomic mass is 16.5. The molecule has 0 bridgehead atoms. The number of aliphatic hydroxyl groups is 1. The van der Waals surface area contributed by atoms with E-state index in [2.05, 4.69) is 10.3 Å². The Bertz CT molecular complexity index is 837. The molecule has 1 aromatic heterocycles. The molecule has 1 aliphatic heterocycles. The van der Waals surface area contributed by atoms with Crippen LogP contribution >= 0.6 is 0 Å². The van der Waals surface area contributed by atoms with Gasteiger partial charge in [-0.15, -0.1) is 0 Å². The van der Waals surface area contributed by atoms with Crippen molar-refractivity contribution in [3.63, 3.8) is 0 Å². The number of carbonyl (C=O) groups excluding carboxylic acids is 2. The number of ether oxygens (including phenoxy) is 1. The lowest BCUT2D eigenvalue weighted by atomic mass is 9.99. The number of rotatable bonds is 8. The molecule has 2 N–H and O–H groups in total. The van der Waals surface area contributed by atoms with Gasteiger partial charge in [-0.2, -0.15) is 0 Å². The summed E-state index contributed by atoms with van der Waals surface area (Å²) in [7, 11) is 0. The summed E-state index contributed by atoms with van der Waals surface area (Å²) in [5, 5.41) is 13.9. The van der Waals surface area contributed by atoms with Gasteiger partial charge in [-0.1, -0.05) is 32.0 Å². The Morgan fingerprint density at radius 2 is 1.97 bits per heavy atom. The summed E-state index contributed by atoms with van der Waals surface area (Å²) >= 11 is 0. The van der Waals surface area contributed by atoms with E-state index in [-0.39, 0.29) is 30.9 Å². The zero-order valence-electron chi connectivity index (χ0n) is 17.5. The Hall–Kier alpha value is -2.77. The predicted octanol–water partition coefficient (Wildman–Crippen LogP) is 2.92. The van der Waals surface area contributed by atoms with E-state index >= 15 is 0 Å². The summed E-state index contributed by atoms with van der Waals surface area (Å²) in [4.78, 5) is 30.6. The molecule has 0 unspecified atom stereocenters. The number of hydrogen-bond acceptors (Lipinski definition) is 5. The fraction of sp³-hybridized carbons (Fsp3) is 0.435. The van der Waals surface area contributed by atoms with Crippen LogP contribution < -0.4 is 5.32 Å². The van der Waals surface area contributed by atoms with E-state index in [1.165, 1.54) is 0 Å². The van der Waals surface area contributed by atoms with Crippen molar-refractivity contribution in [1.82, 2.24) is 9.88 Å². The molecule has 0 saturated carbocycles. The fourth-order valence-corrected chi connectivity index (χ4v) is 3.65. The van der Waals surface area contributed by atoms with Crippen molar-refractivity contribution >= 4 is 17.5 Å². The lowest BCUT2D eigenvalue weighted by Gasteiger charge is -2.38. The van der Waals surface area contributed by atoms with Crippen LogP contribution in [0.1, 0.15) is 44.1 Å². The van der Waals surface area contributed by atoms with Crippen molar-refractivity contribution in [2.75, 3.05) is 18.5 Å². The first-order valence-electron chi connectivity index (χ1n) is 10.4. The highest BCUT2D eigenvalue weighted by molar-refractivity contribution is 5.92. The standard InChI is InChI=1S/C23H29N3O4/c1-3-16(4-2)23(29)25-18-10-8-17(9-11-18)22(28)20-14-30-15-21(27)26(20)13-19-7-5-6-12-24-19/h5-12,16,20,22,28H,3-4,13-15H2,1-2H3,(H,25,29)/t20-,22-/m1/s1. The number of aromatic nitrogens is 1. The Balaban J connectivity index is 1.71. The monoisotopic (exact) mass is 411 g/mol. The van der Waals surface area contributed by atoms with Crippen molar-refractivity contribution < 1.29 is 19.4 Å². The van der Waals surface area contributed by atoms with E-state index in [1.807, 2.05) is 32.0 Å². The molecule has 2 aromatic rings. The topological polar surface area (TPSA) is 91.8 Å². The summed E-state index contributed by atoms with van der Waals surface area (Å²) in [6.07, 6.45) is 2.35. The molecule has 7 heteroatoms. The second-order valence-electron chi connectivity index (χ2n) is 7.49. The van der Waals surface area contributed by atoms with Gasteiger partial charge in [0, 0.05) is 17.8 Å². The van der Waals surface area contributed by atoms with Crippen LogP contribution in [0.4, 0.5) is 5.69 Å². The van der Waals surface area contributed by atoms with Crippen LogP contribution in [0.5, 0.6) is 0 Å². The molecule has 1 saturated heterocycles. The van der Waals surface area contributed by atoms with Crippen molar-refractivity contribution in [1.29, 1.82) is 0 Å². The minimum atomic E-state index is -0.915. The molecular weight excluding hydrogens is 382 g/mol. The summed E-state index contributed by atoms with van der Waals surface area (Å²) in [5.41, 5.74) is 2.10. The number of nitrogens with zero attached hydrogens (tertiary/aromatic N) is 2. The summed E-state index contributed by atoms with van der Waals surface area (Å²) < 4.78 is 5.40. The van der Waals surface area contributed by atoms with Crippen molar-refractivity contribution in [2.45, 2.75) is 45.4 Å². The number of carbonyl (C=O) groups is 2. The normalized spacial score (nSPS) is 17.8. The minimum Gasteiger partial charge on any atom is -0.386 e. The number of hydrogen-bond donors (Lipinski definition) is 2. The number of aliphatic hydroxyl groups excluding tert-OH is 1. The van der Waals surface area contributed by atoms with Gasteiger partial charge in [-0.05, 0) is 42.7 Å². The van der Waals surface area contributed by atoms with Gasteiger partial charge in [0.05, 0.1) is 24.9 Å². The van der Waals surface area contributed by atoms with E-state index in [0.717, 1.165) is 18.5 Å². The third kappa shape index (κ3) is 5.23. The molecular formula is C23H29N3O4. The van der Waals surface area contributed by atoms with Gasteiger partial charge in [0.15, 0.2) is 0 Å². The van der Waals surface area contributed by atoms with Gasteiger partial charge in [-0.25, -0.2) is 0 Å². The van der Waals surface area contributed by atoms with Crippen LogP contribution in [0.3, 0.4) is 0 Å². The maximum absolute atomic E-state index is 12.5. The highest BCUT2D eigenvalue weighted by Gasteiger charge is 2.34. The largest absolute Gasteiger partial charge is 0.386 e. The van der Waals surface area contributed by atoms with E-state index in [1.54, 1.807) is 35.4 Å². The first kappa shape index (κ1) is 21.9. The number of amides is 2. The lowest BCUT2D eigenvalue weighted by Crippen LogP contribution is -2.51. The van der Waals surface area contributed by atoms with Gasteiger partial charge in [-0.3, -0.25) is 14.6 Å². The second-order valence-corrected chi connectivity index (χ2v) is 7.49. The van der Waals surface area contributed by atoms with E-state index in [0.29, 0.717) is 17.8 Å². The lowest BCUT2D eigenvalue weighted by molar-refractivity contribution is -0.155. The minimum absolute atomic E-state index is 0.00103. The molecule has 2 atom stereocenters. The zero-order valence-corrected chi connectivity index (χ0v) is 17.5. The van der Waals surface area contributed by atoms with Crippen LogP contribution in [-0.2, 0) is 20.9 Å². The molecule has 2 heterocycles. The van der Waals surface area contributed by atoms with Crippen LogP contribution in [0.25, 0.3) is 0 Å². The van der Waals surface area contributed by atoms with E-state index < -0.39 is 12.1 Å². The van der Waals surface area contributed by atoms with Crippen LogP contribution in [-0.4, -0.2) is 46.1 Å². The SMILES string of the molecule is CCC(CC)C(=O)Nc1ccc([C@@H](O)[C@H]2COCC(=O)N2Cc2ccccn2)cc1. The Kier molecular flexibility index (Phi) is 7.54. The average molecular weight is 412 g/mol. The van der Waals surface area contributed by atoms with Crippen LogP contribution in [0.15, 0.2) is 48.7 Å². The molecule has 3 rings (SSSR count). The van der Waals surface area contributed by atoms with Crippen molar-refractivity contribution in [3.8, 4) is 0 Å². The molecule has 1 fully saturated rings. The smallest absolute Gasteiger partial charge is 0.249 e. The Labute approximate surface area is 177 Å². The fourth-order valence-electron chi connectivity index (χ4n) is 3.65. The summed E-state index contributed by atoms with van der Waals surface area (Å²) in [5.74, 6) is -0.188. The van der Waals surface area contributed by atoms with Crippen LogP contribution in [0, 0.1) is 5.92 Å². The van der Waals surface area contributed by atoms with Gasteiger partial charge >= 0.3 is 0 Å². The third-order valence-electron chi connectivity index (χ3n) is 5.53. The molecule has 30 heavy (non-hydrogen) atoms. The van der Waals surface area contributed by atoms with E-state index in [4.69, 9.17) is 4.74 Å². The van der Waals surface area contributed by atoms with Gasteiger partial charge in [0.2, 0.25) is 11.8 Å². The first-order chi connectivity index (χ1) is 14.5. The molecule has 1 aromatic carbocycles. The maximum atomic E-state index is 12.5. The van der Waals surface area contributed by atoms with Crippen LogP contribution in [0.2, 0.25) is 0 Å². The maximum Gasteiger partial charge on any atom is 0.249 e. The summed E-state index contributed by atoms with van der Waals surface area (Å²) in [6.45, 7) is 4.55. The molecule has 1 aliphatic rings. The predicted molar refractivity (Wildman–Crippen MR) is 113 cm³/mol. The zero-order chi connectivity index (χ0) is 21.5. The molecule has 7 nitrogen and oxygen atoms in total. The third-order valence-corrected chi connectivity index (χ3v) is 5.53. The number of morpholine rings is 1. The number of nitrogens with one attached hydrogen (secondary N) is 1. The van der Waals surface area contributed by atoms with E-state index in [9.17, 15) is 14.7 Å². The Morgan fingerprint density at radius 3 is 2.60 bits per heavy atom. The van der Waals surface area contributed by atoms with Gasteiger partial charge in [0.1, 0.15) is 12.7 Å². The quantitative estimate of drug-likeness (QED) is 0.697. The molecule has 0 radical (unpaired) electrons. The average Bonchev–Trinajstić information content (AvgIpc) is 2.77. The molecule has 0 aliphatic carbocycles. The number of anilines is 1. The Morgan fingerprint density at radius 1 is 1.23 bits per heavy atom. The molecule has 0 spiro atoms. The molecule has 2 amide bonds. The van der Waals surface area contributed by atoms with Crippen molar-refractivity contribution in [3.05, 3.63) is 59.9 Å². The summed E-state index contributed by atoms with van der Waals surface area (Å²) in [6, 6.07) is 12.1. The van der Waals surface area contributed by atoms with Gasteiger partial charge < -0.3 is 20.1 Å². The van der Waals surface area contributed by atoms with Crippen molar-refractivity contribution in [2.24, 2.45) is 5.92 Å². The second kappa shape index (κ2) is 10.3. The molecule has 160 valence electrons.